The number of nitrogens with one attached hydrogen (secondary N) is 1. The van der Waals surface area contributed by atoms with Gasteiger partial charge in [0.25, 0.3) is 0 Å². The van der Waals surface area contributed by atoms with Crippen LogP contribution < -0.4 is 5.32 Å². The number of aromatic nitrogens is 1. The molecule has 0 fully saturated rings. The second kappa shape index (κ2) is 6.64. The van der Waals surface area contributed by atoms with Crippen molar-refractivity contribution in [1.29, 1.82) is 0 Å². The average molecular weight is 270 g/mol. The van der Waals surface area contributed by atoms with Gasteiger partial charge in [0.1, 0.15) is 5.01 Å². The van der Waals surface area contributed by atoms with E-state index < -0.39 is 0 Å². The van der Waals surface area contributed by atoms with Gasteiger partial charge in [0, 0.05) is 12.0 Å². The van der Waals surface area contributed by atoms with E-state index in [1.54, 1.807) is 18.4 Å². The molecular formula is C14H26N2OS. The Labute approximate surface area is 115 Å². The van der Waals surface area contributed by atoms with E-state index in [9.17, 15) is 0 Å². The van der Waals surface area contributed by atoms with Gasteiger partial charge in [-0.25, -0.2) is 4.98 Å². The fourth-order valence-corrected chi connectivity index (χ4v) is 3.60. The predicted molar refractivity (Wildman–Crippen MR) is 78.3 cm³/mol. The number of likely N-dealkylation sites (N-methyl/N-ethyl adjacent to an activating group) is 1. The van der Waals surface area contributed by atoms with Crippen molar-refractivity contribution in [3.63, 3.8) is 0 Å². The van der Waals surface area contributed by atoms with Gasteiger partial charge in [0.15, 0.2) is 0 Å². The number of nitrogens with zero attached hydrogens (tertiary/aromatic N) is 1. The molecule has 0 saturated carbocycles. The van der Waals surface area contributed by atoms with Crippen LogP contribution in [0, 0.1) is 12.8 Å². The summed E-state index contributed by atoms with van der Waals surface area (Å²) in [4.78, 5) is 6.16. The maximum atomic E-state index is 5.46. The lowest BCUT2D eigenvalue weighted by molar-refractivity contribution is 0.0773. The van der Waals surface area contributed by atoms with Gasteiger partial charge in [0.05, 0.1) is 17.8 Å². The molecular weight excluding hydrogens is 244 g/mol. The number of ether oxygens (including phenoxy) is 1. The minimum absolute atomic E-state index is 0.160. The monoisotopic (exact) mass is 270 g/mol. The summed E-state index contributed by atoms with van der Waals surface area (Å²) in [6, 6.07) is 0. The molecule has 0 bridgehead atoms. The van der Waals surface area contributed by atoms with Crippen molar-refractivity contribution in [2.24, 2.45) is 5.92 Å². The maximum absolute atomic E-state index is 5.46. The number of methoxy groups -OCH3 is 1. The summed E-state index contributed by atoms with van der Waals surface area (Å²) in [6.07, 6.45) is 0.996. The minimum atomic E-state index is -0.160. The van der Waals surface area contributed by atoms with Gasteiger partial charge in [-0.05, 0) is 25.8 Å². The smallest absolute Gasteiger partial charge is 0.116 e. The number of rotatable bonds is 7. The van der Waals surface area contributed by atoms with Crippen molar-refractivity contribution in [2.45, 2.75) is 46.6 Å². The molecule has 0 aromatic carbocycles. The molecule has 0 amide bonds. The molecule has 3 nitrogen and oxygen atoms in total. The molecule has 1 N–H and O–H groups in total. The Bertz CT molecular complexity index is 368. The zero-order valence-corrected chi connectivity index (χ0v) is 13.3. The molecule has 4 heteroatoms. The van der Waals surface area contributed by atoms with Gasteiger partial charge < -0.3 is 10.1 Å². The summed E-state index contributed by atoms with van der Waals surface area (Å²) >= 11 is 1.80. The average Bonchev–Trinajstić information content (AvgIpc) is 2.70. The van der Waals surface area contributed by atoms with E-state index in [0.717, 1.165) is 18.0 Å². The largest absolute Gasteiger partial charge is 0.382 e. The third-order valence-electron chi connectivity index (χ3n) is 3.46. The lowest BCUT2D eigenvalue weighted by atomic mass is 9.87. The first-order chi connectivity index (χ1) is 8.51. The van der Waals surface area contributed by atoms with Crippen molar-refractivity contribution in [3.8, 4) is 0 Å². The molecule has 0 radical (unpaired) electrons. The lowest BCUT2D eigenvalue weighted by Crippen LogP contribution is -2.50. The molecule has 1 aromatic heterocycles. The van der Waals surface area contributed by atoms with Crippen molar-refractivity contribution in [2.75, 3.05) is 20.3 Å². The number of thiazole rings is 1. The highest BCUT2D eigenvalue weighted by Crippen LogP contribution is 2.34. The second-order valence-corrected chi connectivity index (χ2v) is 6.17. The Morgan fingerprint density at radius 3 is 2.44 bits per heavy atom. The first-order valence-corrected chi connectivity index (χ1v) is 7.54. The van der Waals surface area contributed by atoms with Gasteiger partial charge in [-0.1, -0.05) is 27.7 Å². The molecule has 1 unspecified atom stereocenters. The zero-order valence-electron chi connectivity index (χ0n) is 12.5. The van der Waals surface area contributed by atoms with Crippen molar-refractivity contribution in [1.82, 2.24) is 10.3 Å². The first kappa shape index (κ1) is 15.6. The molecule has 1 atom stereocenters. The highest BCUT2D eigenvalue weighted by molar-refractivity contribution is 7.11. The third-order valence-corrected chi connectivity index (χ3v) is 4.65. The molecule has 1 aromatic rings. The molecule has 0 aliphatic heterocycles. The summed E-state index contributed by atoms with van der Waals surface area (Å²) in [5.74, 6) is 0.438. The van der Waals surface area contributed by atoms with Crippen LogP contribution in [0.5, 0.6) is 0 Å². The third kappa shape index (κ3) is 2.92. The van der Waals surface area contributed by atoms with Crippen LogP contribution in [0.1, 0.15) is 43.3 Å². The Balaban J connectivity index is 3.21. The van der Waals surface area contributed by atoms with Crippen LogP contribution in [0.4, 0.5) is 0 Å². The molecule has 18 heavy (non-hydrogen) atoms. The van der Waals surface area contributed by atoms with Crippen LogP contribution >= 0.6 is 11.3 Å². The van der Waals surface area contributed by atoms with Crippen LogP contribution in [0.25, 0.3) is 0 Å². The van der Waals surface area contributed by atoms with Crippen LogP contribution in [-0.2, 0) is 16.7 Å². The van der Waals surface area contributed by atoms with E-state index in [1.165, 1.54) is 10.6 Å². The lowest BCUT2D eigenvalue weighted by Gasteiger charge is -2.36. The molecule has 0 spiro atoms. The van der Waals surface area contributed by atoms with Gasteiger partial charge in [-0.15, -0.1) is 11.3 Å². The molecule has 1 heterocycles. The molecule has 0 aliphatic rings. The highest BCUT2D eigenvalue weighted by Gasteiger charge is 2.38. The van der Waals surface area contributed by atoms with E-state index in [2.05, 4.69) is 39.9 Å². The standard InChI is InChI=1S/C14H26N2OS/c1-7-12-11(5)18-13(16-12)14(9-17-6,10(3)4)15-8-2/h10,15H,7-9H2,1-6H3. The Morgan fingerprint density at radius 1 is 1.39 bits per heavy atom. The van der Waals surface area contributed by atoms with Gasteiger partial charge >= 0.3 is 0 Å². The topological polar surface area (TPSA) is 34.1 Å². The molecule has 1 rings (SSSR count). The maximum Gasteiger partial charge on any atom is 0.116 e. The van der Waals surface area contributed by atoms with E-state index >= 15 is 0 Å². The number of aryl methyl sites for hydroxylation is 2. The van der Waals surface area contributed by atoms with Crippen LogP contribution in [0.3, 0.4) is 0 Å². The van der Waals surface area contributed by atoms with Crippen molar-refractivity contribution >= 4 is 11.3 Å². The fraction of sp³-hybridized carbons (Fsp3) is 0.786. The number of hydrogen-bond acceptors (Lipinski definition) is 4. The summed E-state index contributed by atoms with van der Waals surface area (Å²) in [5, 5.41) is 4.76. The van der Waals surface area contributed by atoms with Crippen LogP contribution in [0.2, 0.25) is 0 Å². The minimum Gasteiger partial charge on any atom is -0.382 e. The van der Waals surface area contributed by atoms with E-state index in [-0.39, 0.29) is 5.54 Å². The first-order valence-electron chi connectivity index (χ1n) is 6.72. The van der Waals surface area contributed by atoms with E-state index in [0.29, 0.717) is 12.5 Å². The normalized spacial score (nSPS) is 15.1. The Kier molecular flexibility index (Phi) is 5.76. The fourth-order valence-electron chi connectivity index (χ4n) is 2.30. The summed E-state index contributed by atoms with van der Waals surface area (Å²) in [5.41, 5.74) is 1.06. The molecule has 104 valence electrons. The SMILES string of the molecule is CCNC(COC)(c1nc(CC)c(C)s1)C(C)C. The Morgan fingerprint density at radius 2 is 2.06 bits per heavy atom. The van der Waals surface area contributed by atoms with Gasteiger partial charge in [-0.3, -0.25) is 0 Å². The summed E-state index contributed by atoms with van der Waals surface area (Å²) in [6.45, 7) is 12.5. The predicted octanol–water partition coefficient (Wildman–Crippen LogP) is 3.12. The van der Waals surface area contributed by atoms with Crippen LogP contribution in [-0.4, -0.2) is 25.2 Å². The van der Waals surface area contributed by atoms with Crippen molar-refractivity contribution < 1.29 is 4.74 Å². The van der Waals surface area contributed by atoms with Gasteiger partial charge in [-0.2, -0.15) is 0 Å². The van der Waals surface area contributed by atoms with Crippen LogP contribution in [0.15, 0.2) is 0 Å². The van der Waals surface area contributed by atoms with Crippen molar-refractivity contribution in [3.05, 3.63) is 15.6 Å². The number of hydrogen-bond donors (Lipinski definition) is 1. The van der Waals surface area contributed by atoms with E-state index in [4.69, 9.17) is 9.72 Å². The zero-order chi connectivity index (χ0) is 13.8. The second-order valence-electron chi connectivity index (χ2n) is 4.96. The summed E-state index contributed by atoms with van der Waals surface area (Å²) < 4.78 is 5.46. The molecule has 0 saturated heterocycles. The summed E-state index contributed by atoms with van der Waals surface area (Å²) in [7, 11) is 1.76. The Hall–Kier alpha value is -0.450. The quantitative estimate of drug-likeness (QED) is 0.826. The highest BCUT2D eigenvalue weighted by atomic mass is 32.1. The molecule has 0 aliphatic carbocycles. The van der Waals surface area contributed by atoms with Gasteiger partial charge in [0.2, 0.25) is 0 Å². The van der Waals surface area contributed by atoms with E-state index in [1.807, 2.05) is 0 Å².